The third kappa shape index (κ3) is 4.34. The molecule has 0 saturated heterocycles. The summed E-state index contributed by atoms with van der Waals surface area (Å²) in [4.78, 5) is 0. The molecule has 3 unspecified atom stereocenters. The monoisotopic (exact) mass is 263 g/mol. The molecule has 2 aliphatic carbocycles. The highest BCUT2D eigenvalue weighted by atomic mass is 14.9. The molecule has 0 amide bonds. The fourth-order valence-electron chi connectivity index (χ4n) is 4.28. The smallest absolute Gasteiger partial charge is 0.0135 e. The summed E-state index contributed by atoms with van der Waals surface area (Å²) in [5.41, 5.74) is 1.75. The Morgan fingerprint density at radius 3 is 2.68 bits per heavy atom. The van der Waals surface area contributed by atoms with E-state index in [4.69, 9.17) is 0 Å². The SMILES string of the molecule is CCNC(CC1=CCCCC1)C1CCCCC1CC. The molecule has 1 N–H and O–H groups in total. The molecule has 2 rings (SSSR count). The van der Waals surface area contributed by atoms with E-state index < -0.39 is 0 Å². The minimum absolute atomic E-state index is 0.750. The summed E-state index contributed by atoms with van der Waals surface area (Å²) in [6.45, 7) is 5.79. The van der Waals surface area contributed by atoms with Crippen molar-refractivity contribution in [1.29, 1.82) is 0 Å². The van der Waals surface area contributed by atoms with Crippen molar-refractivity contribution in [3.8, 4) is 0 Å². The van der Waals surface area contributed by atoms with Crippen LogP contribution in [0, 0.1) is 11.8 Å². The fraction of sp³-hybridized carbons (Fsp3) is 0.889. The van der Waals surface area contributed by atoms with Gasteiger partial charge in [0, 0.05) is 6.04 Å². The van der Waals surface area contributed by atoms with E-state index in [1.807, 2.05) is 0 Å². The van der Waals surface area contributed by atoms with Gasteiger partial charge in [0.2, 0.25) is 0 Å². The highest BCUT2D eigenvalue weighted by molar-refractivity contribution is 5.08. The maximum absolute atomic E-state index is 3.82. The van der Waals surface area contributed by atoms with Crippen LogP contribution in [-0.2, 0) is 0 Å². The van der Waals surface area contributed by atoms with Crippen LogP contribution < -0.4 is 5.32 Å². The van der Waals surface area contributed by atoms with Crippen LogP contribution in [-0.4, -0.2) is 12.6 Å². The van der Waals surface area contributed by atoms with Gasteiger partial charge in [-0.2, -0.15) is 0 Å². The van der Waals surface area contributed by atoms with Gasteiger partial charge in [0.15, 0.2) is 0 Å². The predicted octanol–water partition coefficient (Wildman–Crippen LogP) is 5.07. The number of rotatable bonds is 6. The number of hydrogen-bond acceptors (Lipinski definition) is 1. The van der Waals surface area contributed by atoms with Gasteiger partial charge in [0.25, 0.3) is 0 Å². The van der Waals surface area contributed by atoms with E-state index >= 15 is 0 Å². The van der Waals surface area contributed by atoms with E-state index in [9.17, 15) is 0 Å². The van der Waals surface area contributed by atoms with Gasteiger partial charge in [-0.1, -0.05) is 51.2 Å². The molecule has 0 radical (unpaired) electrons. The summed E-state index contributed by atoms with van der Waals surface area (Å²) >= 11 is 0. The largest absolute Gasteiger partial charge is 0.314 e. The van der Waals surface area contributed by atoms with E-state index in [0.717, 1.165) is 24.4 Å². The van der Waals surface area contributed by atoms with Crippen LogP contribution in [0.25, 0.3) is 0 Å². The molecule has 0 heterocycles. The fourth-order valence-corrected chi connectivity index (χ4v) is 4.28. The van der Waals surface area contributed by atoms with E-state index in [1.165, 1.54) is 64.2 Å². The Morgan fingerprint density at radius 2 is 2.00 bits per heavy atom. The maximum atomic E-state index is 3.82. The number of allylic oxidation sites excluding steroid dienone is 1. The minimum atomic E-state index is 0.750. The van der Waals surface area contributed by atoms with Gasteiger partial charge in [-0.15, -0.1) is 0 Å². The van der Waals surface area contributed by atoms with Gasteiger partial charge in [-0.05, 0) is 56.9 Å². The van der Waals surface area contributed by atoms with Gasteiger partial charge in [0.1, 0.15) is 0 Å². The quantitative estimate of drug-likeness (QED) is 0.660. The van der Waals surface area contributed by atoms with Crippen molar-refractivity contribution in [1.82, 2.24) is 5.32 Å². The first-order chi connectivity index (χ1) is 9.35. The molecule has 19 heavy (non-hydrogen) atoms. The van der Waals surface area contributed by atoms with Gasteiger partial charge in [0.05, 0.1) is 0 Å². The molecule has 1 heteroatoms. The maximum Gasteiger partial charge on any atom is 0.0135 e. The van der Waals surface area contributed by atoms with Crippen molar-refractivity contribution < 1.29 is 0 Å². The van der Waals surface area contributed by atoms with Crippen molar-refractivity contribution in [2.24, 2.45) is 11.8 Å². The molecular formula is C18H33N. The lowest BCUT2D eigenvalue weighted by Crippen LogP contribution is -2.41. The van der Waals surface area contributed by atoms with Crippen LogP contribution in [0.15, 0.2) is 11.6 Å². The molecule has 0 aromatic rings. The number of hydrogen-bond donors (Lipinski definition) is 1. The Balaban J connectivity index is 1.98. The van der Waals surface area contributed by atoms with Gasteiger partial charge in [-0.3, -0.25) is 0 Å². The summed E-state index contributed by atoms with van der Waals surface area (Å²) in [6.07, 6.45) is 16.6. The average Bonchev–Trinajstić information content (AvgIpc) is 2.48. The Labute approximate surface area is 120 Å². The van der Waals surface area contributed by atoms with Gasteiger partial charge < -0.3 is 5.32 Å². The summed E-state index contributed by atoms with van der Waals surface area (Å²) in [5, 5.41) is 3.82. The minimum Gasteiger partial charge on any atom is -0.314 e. The summed E-state index contributed by atoms with van der Waals surface area (Å²) in [6, 6.07) is 0.750. The molecule has 0 aliphatic heterocycles. The van der Waals surface area contributed by atoms with Crippen molar-refractivity contribution in [3.63, 3.8) is 0 Å². The van der Waals surface area contributed by atoms with Crippen LogP contribution in [0.2, 0.25) is 0 Å². The zero-order valence-corrected chi connectivity index (χ0v) is 13.1. The molecule has 1 saturated carbocycles. The van der Waals surface area contributed by atoms with Gasteiger partial charge in [-0.25, -0.2) is 0 Å². The van der Waals surface area contributed by atoms with Crippen molar-refractivity contribution >= 4 is 0 Å². The molecule has 3 atom stereocenters. The van der Waals surface area contributed by atoms with Crippen molar-refractivity contribution in [2.75, 3.05) is 6.54 Å². The van der Waals surface area contributed by atoms with Crippen molar-refractivity contribution in [3.05, 3.63) is 11.6 Å². The van der Waals surface area contributed by atoms with E-state index in [1.54, 1.807) is 5.57 Å². The summed E-state index contributed by atoms with van der Waals surface area (Å²) in [5.74, 6) is 1.91. The highest BCUT2D eigenvalue weighted by Gasteiger charge is 2.30. The normalized spacial score (nSPS) is 29.9. The highest BCUT2D eigenvalue weighted by Crippen LogP contribution is 2.37. The first-order valence-corrected chi connectivity index (χ1v) is 8.76. The third-order valence-electron chi connectivity index (χ3n) is 5.34. The Kier molecular flexibility index (Phi) is 6.43. The molecule has 1 nitrogen and oxygen atoms in total. The van der Waals surface area contributed by atoms with Crippen molar-refractivity contribution in [2.45, 2.75) is 84.1 Å². The zero-order valence-electron chi connectivity index (χ0n) is 13.1. The predicted molar refractivity (Wildman–Crippen MR) is 84.4 cm³/mol. The zero-order chi connectivity index (χ0) is 13.5. The van der Waals surface area contributed by atoms with Crippen LogP contribution >= 0.6 is 0 Å². The molecule has 1 fully saturated rings. The first kappa shape index (κ1) is 15.1. The van der Waals surface area contributed by atoms with Crippen LogP contribution in [0.1, 0.15) is 78.1 Å². The van der Waals surface area contributed by atoms with Crippen LogP contribution in [0.5, 0.6) is 0 Å². The second-order valence-electron chi connectivity index (χ2n) is 6.59. The molecule has 0 aromatic carbocycles. The Bertz CT molecular complexity index is 281. The van der Waals surface area contributed by atoms with Crippen LogP contribution in [0.3, 0.4) is 0 Å². The summed E-state index contributed by atoms with van der Waals surface area (Å²) < 4.78 is 0. The molecule has 110 valence electrons. The topological polar surface area (TPSA) is 12.0 Å². The van der Waals surface area contributed by atoms with Gasteiger partial charge >= 0.3 is 0 Å². The lowest BCUT2D eigenvalue weighted by Gasteiger charge is -2.38. The average molecular weight is 263 g/mol. The molecule has 0 aromatic heterocycles. The third-order valence-corrected chi connectivity index (χ3v) is 5.34. The van der Waals surface area contributed by atoms with E-state index in [0.29, 0.717) is 0 Å². The van der Waals surface area contributed by atoms with E-state index in [-0.39, 0.29) is 0 Å². The standard InChI is InChI=1S/C18H33N/c1-3-16-12-8-9-13-17(16)18(19-4-2)14-15-10-6-5-7-11-15/h10,16-19H,3-9,11-14H2,1-2H3. The van der Waals surface area contributed by atoms with E-state index in [2.05, 4.69) is 25.2 Å². The first-order valence-electron chi connectivity index (χ1n) is 8.76. The second-order valence-corrected chi connectivity index (χ2v) is 6.59. The van der Waals surface area contributed by atoms with Crippen LogP contribution in [0.4, 0.5) is 0 Å². The lowest BCUT2D eigenvalue weighted by molar-refractivity contribution is 0.174. The lowest BCUT2D eigenvalue weighted by atomic mass is 9.72. The number of nitrogens with one attached hydrogen (secondary N) is 1. The molecule has 0 bridgehead atoms. The molecular weight excluding hydrogens is 230 g/mol. The summed E-state index contributed by atoms with van der Waals surface area (Å²) in [7, 11) is 0. The Morgan fingerprint density at radius 1 is 1.16 bits per heavy atom. The molecule has 0 spiro atoms. The second kappa shape index (κ2) is 8.09. The molecule has 2 aliphatic rings. The Hall–Kier alpha value is -0.300.